The van der Waals surface area contributed by atoms with Crippen LogP contribution >= 0.6 is 27.5 Å². The highest BCUT2D eigenvalue weighted by Crippen LogP contribution is 2.49. The predicted molar refractivity (Wildman–Crippen MR) is 339 cm³/mol. The average Bonchev–Trinajstić information content (AvgIpc) is 1.56. The number of amides is 8. The van der Waals surface area contributed by atoms with Gasteiger partial charge in [-0.1, -0.05) is 84.7 Å². The van der Waals surface area contributed by atoms with E-state index in [0.29, 0.717) is 37.1 Å². The maximum atomic E-state index is 14.7. The first kappa shape index (κ1) is 71.4. The number of epoxide rings is 1. The highest BCUT2D eigenvalue weighted by Gasteiger charge is 2.64. The number of likely N-dealkylation sites (N-methyl/N-ethyl adjacent to an activating group) is 1. The van der Waals surface area contributed by atoms with Crippen molar-refractivity contribution in [2.24, 2.45) is 17.6 Å². The number of aliphatic hydroxyl groups is 1. The van der Waals surface area contributed by atoms with Gasteiger partial charge in [0.25, 0.3) is 5.91 Å². The molecule has 0 aliphatic carbocycles. The molecule has 2 fully saturated rings. The Bertz CT molecular complexity index is 3260. The molecule has 3 aliphatic heterocycles. The predicted octanol–water partition coefficient (Wildman–Crippen LogP) is 6.44. The van der Waals surface area contributed by atoms with Crippen LogP contribution in [-0.4, -0.2) is 169 Å². The van der Waals surface area contributed by atoms with Crippen LogP contribution in [0.4, 0.5) is 21.0 Å². The fourth-order valence-corrected chi connectivity index (χ4v) is 11.3. The van der Waals surface area contributed by atoms with Crippen LogP contribution in [-0.2, 0) is 58.9 Å². The quantitative estimate of drug-likeness (QED) is 0.0127. The topological polar surface area (TPSA) is 338 Å². The normalized spacial score (nSPS) is 23.6. The molecule has 1 aromatic heterocycles. The second-order valence-electron chi connectivity index (χ2n) is 23.3. The molecular weight excluding hydrogens is 1250 g/mol. The molecule has 2 aromatic carbocycles. The number of alkyl carbamates (subject to hydrolysis) is 1. The molecule has 0 unspecified atom stereocenters. The van der Waals surface area contributed by atoms with Crippen molar-refractivity contribution in [3.05, 3.63) is 94.7 Å². The Morgan fingerprint density at radius 1 is 1.04 bits per heavy atom. The Morgan fingerprint density at radius 3 is 2.46 bits per heavy atom. The summed E-state index contributed by atoms with van der Waals surface area (Å²) in [6.07, 6.45) is 3.21. The second-order valence-corrected chi connectivity index (χ2v) is 24.3. The highest BCUT2D eigenvalue weighted by molar-refractivity contribution is 9.09. The number of methoxy groups -OCH3 is 2. The Kier molecular flexibility index (Phi) is 25.3. The van der Waals surface area contributed by atoms with Crippen LogP contribution in [0.25, 0.3) is 10.9 Å². The molecule has 490 valence electrons. The van der Waals surface area contributed by atoms with Gasteiger partial charge in [0.2, 0.25) is 23.6 Å². The number of halogens is 2. The minimum absolute atomic E-state index is 0.0159. The number of nitrogens with one attached hydrogen (secondary N) is 5. The Hall–Kier alpha value is -7.65. The number of fused-ring (bicyclic) bond motifs is 6. The molecular formula is C63H83BrClN9O16. The summed E-state index contributed by atoms with van der Waals surface area (Å²) in [6.45, 7) is 14.1. The Balaban J connectivity index is 1.21. The summed E-state index contributed by atoms with van der Waals surface area (Å²) in [7, 11) is 5.77. The third-order valence-corrected chi connectivity index (χ3v) is 17.4. The van der Waals surface area contributed by atoms with Gasteiger partial charge in [0.1, 0.15) is 52.8 Å². The lowest BCUT2D eigenvalue weighted by Gasteiger charge is -2.42. The number of anilines is 2. The maximum absolute atomic E-state index is 14.7. The maximum Gasteiger partial charge on any atom is 0.409 e. The smallest absolute Gasteiger partial charge is 0.409 e. The van der Waals surface area contributed by atoms with Gasteiger partial charge in [-0.3, -0.25) is 34.3 Å². The lowest BCUT2D eigenvalue weighted by Crippen LogP contribution is -2.63. The number of benzene rings is 2. The summed E-state index contributed by atoms with van der Waals surface area (Å²) in [6, 6.07) is 5.22. The van der Waals surface area contributed by atoms with Gasteiger partial charge < -0.3 is 70.3 Å². The first-order valence-electron chi connectivity index (χ1n) is 29.7. The van der Waals surface area contributed by atoms with Gasteiger partial charge in [-0.2, -0.15) is 0 Å². The number of hydrogen-bond acceptors (Lipinski definition) is 17. The van der Waals surface area contributed by atoms with E-state index < -0.39 is 126 Å². The molecule has 4 bridgehead atoms. The summed E-state index contributed by atoms with van der Waals surface area (Å²) in [5.41, 5.74) is 4.58. The number of aromatic nitrogens is 1. The van der Waals surface area contributed by atoms with Gasteiger partial charge in [-0.25, -0.2) is 19.2 Å². The first-order valence-corrected chi connectivity index (χ1v) is 31.2. The molecule has 4 heterocycles. The molecule has 25 nitrogen and oxygen atoms in total. The van der Waals surface area contributed by atoms with E-state index in [0.717, 1.165) is 16.0 Å². The number of carbonyl (C=O) groups excluding carboxylic acids is 9. The Morgan fingerprint density at radius 2 is 1.78 bits per heavy atom. The van der Waals surface area contributed by atoms with Gasteiger partial charge in [0.05, 0.1) is 43.1 Å². The molecule has 90 heavy (non-hydrogen) atoms. The van der Waals surface area contributed by atoms with Crippen LogP contribution in [0.3, 0.4) is 0 Å². The van der Waals surface area contributed by atoms with E-state index in [1.165, 1.54) is 58.5 Å². The Labute approximate surface area is 537 Å². The monoisotopic (exact) mass is 1340 g/mol. The van der Waals surface area contributed by atoms with Crippen molar-refractivity contribution in [3.63, 3.8) is 0 Å². The summed E-state index contributed by atoms with van der Waals surface area (Å²) in [4.78, 5) is 129. The molecule has 27 heteroatoms. The minimum atomic E-state index is -1.93. The molecule has 0 saturated carbocycles. The van der Waals surface area contributed by atoms with E-state index in [1.54, 1.807) is 64.1 Å². The number of urea groups is 1. The van der Waals surface area contributed by atoms with Crippen LogP contribution in [0.5, 0.6) is 5.75 Å². The standard InChI is InChI=1S/C63H83BrClN9O16/c1-34(2)52(71-49(75)22-13-12-14-27-87-58(80)36(4)33-64)56(78)70-43(20-17-26-68-60(66)82)55(77)69-42-24-23-41(40-19-16-25-67-53(40)42)57(79)73(8)38(6)59(81)89-48-31-50(76)74(9)44-29-39(30-45(85-10)51(44)65)28-35(3)18-15-21-47(86-11)63(84)32-46(88-61(83)72-63)37(5)54-62(48,7)90-54/h15-16,18-19,21,23-25,29-30,34,37-38,43,46-48,52,54,84H,4,12-14,17,20,22,26-28,31-33H2,1-3,5-11H3,(H,69,77)(H,70,78)(H,71,75)(H,72,83)(H3,66,68,82)/b21-15+,35-18+/t37-,38+,43+,46+,47-,48+,52+,54+,62+,63+/m1/s1. The third-order valence-electron chi connectivity index (χ3n) is 16.3. The number of primary amides is 1. The van der Waals surface area contributed by atoms with Crippen LogP contribution in [0.1, 0.15) is 109 Å². The molecule has 0 spiro atoms. The van der Waals surface area contributed by atoms with Crippen molar-refractivity contribution in [2.45, 2.75) is 153 Å². The van der Waals surface area contributed by atoms with Crippen molar-refractivity contribution in [3.8, 4) is 5.75 Å². The second kappa shape index (κ2) is 31.9. The molecule has 0 radical (unpaired) electrons. The largest absolute Gasteiger partial charge is 0.495 e. The molecule has 6 rings (SSSR count). The third kappa shape index (κ3) is 18.1. The van der Waals surface area contributed by atoms with Crippen LogP contribution < -0.4 is 42.0 Å². The van der Waals surface area contributed by atoms with Gasteiger partial charge in [0.15, 0.2) is 5.72 Å². The summed E-state index contributed by atoms with van der Waals surface area (Å²) < 4.78 is 34.9. The van der Waals surface area contributed by atoms with Crippen molar-refractivity contribution in [2.75, 3.05) is 57.0 Å². The average molecular weight is 1340 g/mol. The number of alkyl halides is 1. The minimum Gasteiger partial charge on any atom is -0.495 e. The van der Waals surface area contributed by atoms with Crippen molar-refractivity contribution < 1.29 is 76.7 Å². The summed E-state index contributed by atoms with van der Waals surface area (Å²) in [5, 5.41) is 26.0. The van der Waals surface area contributed by atoms with E-state index in [-0.39, 0.29) is 76.9 Å². The zero-order chi connectivity index (χ0) is 66.4. The van der Waals surface area contributed by atoms with Crippen LogP contribution in [0.2, 0.25) is 5.02 Å². The highest BCUT2D eigenvalue weighted by atomic mass is 79.9. The number of nitrogens with zero attached hydrogens (tertiary/aromatic N) is 3. The van der Waals surface area contributed by atoms with Gasteiger partial charge in [-0.15, -0.1) is 0 Å². The number of rotatable bonds is 24. The molecule has 8 amide bonds. The van der Waals surface area contributed by atoms with Crippen molar-refractivity contribution in [1.29, 1.82) is 0 Å². The summed E-state index contributed by atoms with van der Waals surface area (Å²) >= 11 is 10.0. The zero-order valence-electron chi connectivity index (χ0n) is 52.4. The fraction of sp³-hybridized carbons (Fsp3) is 0.524. The van der Waals surface area contributed by atoms with Crippen LogP contribution in [0.15, 0.2) is 78.5 Å². The number of pyridine rings is 1. The number of ether oxygens (including phenoxy) is 6. The molecule has 10 atom stereocenters. The lowest BCUT2D eigenvalue weighted by molar-refractivity contribution is -0.158. The molecule has 2 saturated heterocycles. The number of allylic oxidation sites excluding steroid dienone is 3. The van der Waals surface area contributed by atoms with E-state index in [2.05, 4.69) is 54.1 Å². The van der Waals surface area contributed by atoms with E-state index in [9.17, 15) is 48.3 Å². The van der Waals surface area contributed by atoms with Crippen LogP contribution in [0, 0.1) is 11.8 Å². The number of carbonyl (C=O) groups is 9. The molecule has 3 aliphatic rings. The number of nitrogens with two attached hydrogens (primary N) is 1. The summed E-state index contributed by atoms with van der Waals surface area (Å²) in [5.74, 6) is -5.10. The van der Waals surface area contributed by atoms with Crippen molar-refractivity contribution >= 4 is 103 Å². The molecule has 3 aromatic rings. The van der Waals surface area contributed by atoms with Crippen molar-refractivity contribution in [1.82, 2.24) is 31.2 Å². The molecule has 8 N–H and O–H groups in total. The zero-order valence-corrected chi connectivity index (χ0v) is 54.7. The van der Waals surface area contributed by atoms with Gasteiger partial charge in [0, 0.05) is 74.6 Å². The van der Waals surface area contributed by atoms with E-state index in [4.69, 9.17) is 45.8 Å². The number of esters is 2. The SMILES string of the molecule is C=C(CBr)C(=O)OCCCCCC(=O)N[C@H](C(=O)N[C@@H](CCCNC(N)=O)C(=O)Nc1ccc(C(=O)N(C)[C@@H](C)C(=O)O[C@H]2CC(=O)N(C)c3cc(cc(OC)c3Cl)C/C(C)=C/C=C/[C@@H](OC)[C@@]3(O)C[C@H](OC(=O)N3)[C@@H](C)[C@@H]3O[C@@]23C)c2cccnc12)C(C)C. The fourth-order valence-electron chi connectivity index (χ4n) is 10.8. The first-order chi connectivity index (χ1) is 42.6. The number of hydrogen-bond donors (Lipinski definition) is 7. The van der Waals surface area contributed by atoms with E-state index in [1.807, 2.05) is 13.0 Å². The number of unbranched alkanes of at least 4 members (excludes halogenated alkanes) is 2. The van der Waals surface area contributed by atoms with Gasteiger partial charge >= 0.3 is 24.1 Å². The van der Waals surface area contributed by atoms with Gasteiger partial charge in [-0.05, 0) is 101 Å². The lowest BCUT2D eigenvalue weighted by atomic mass is 9.83. The van der Waals surface area contributed by atoms with E-state index >= 15 is 0 Å².